The summed E-state index contributed by atoms with van der Waals surface area (Å²) >= 11 is 0. The standard InChI is InChI=1S/C15H25N3O2.HI/c1-4-17-15(16)18-11-13-7-6-12(3)10-14(13)20-9-8-19-5-2;/h6-7,10H,4-5,8-9,11H2,1-3H3,(H3,16,17,18);1H. The van der Waals surface area contributed by atoms with Crippen LogP contribution in [0.2, 0.25) is 0 Å². The van der Waals surface area contributed by atoms with E-state index in [1.807, 2.05) is 39.0 Å². The van der Waals surface area contributed by atoms with E-state index in [0.717, 1.165) is 23.4 Å². The first-order chi connectivity index (χ1) is 9.67. The van der Waals surface area contributed by atoms with E-state index in [4.69, 9.17) is 15.2 Å². The highest BCUT2D eigenvalue weighted by Gasteiger charge is 2.04. The van der Waals surface area contributed by atoms with Crippen molar-refractivity contribution in [1.29, 1.82) is 0 Å². The quantitative estimate of drug-likeness (QED) is 0.301. The molecule has 0 aliphatic rings. The fourth-order valence-corrected chi connectivity index (χ4v) is 1.69. The molecular formula is C15H26IN3O2. The van der Waals surface area contributed by atoms with Gasteiger partial charge in [-0.2, -0.15) is 0 Å². The first kappa shape index (κ1) is 20.0. The van der Waals surface area contributed by atoms with Crippen molar-refractivity contribution in [1.82, 2.24) is 5.32 Å². The van der Waals surface area contributed by atoms with Crippen molar-refractivity contribution in [2.75, 3.05) is 26.4 Å². The van der Waals surface area contributed by atoms with Crippen molar-refractivity contribution in [2.24, 2.45) is 10.7 Å². The fraction of sp³-hybridized carbons (Fsp3) is 0.533. The molecule has 0 spiro atoms. The van der Waals surface area contributed by atoms with E-state index in [-0.39, 0.29) is 24.0 Å². The van der Waals surface area contributed by atoms with Crippen molar-refractivity contribution in [3.8, 4) is 5.75 Å². The molecule has 1 rings (SSSR count). The van der Waals surface area contributed by atoms with Crippen molar-refractivity contribution < 1.29 is 9.47 Å². The molecule has 0 saturated carbocycles. The predicted molar refractivity (Wildman–Crippen MR) is 97.6 cm³/mol. The molecule has 5 nitrogen and oxygen atoms in total. The number of guanidine groups is 1. The number of ether oxygens (including phenoxy) is 2. The van der Waals surface area contributed by atoms with Crippen LogP contribution in [-0.2, 0) is 11.3 Å². The molecule has 0 heterocycles. The maximum atomic E-state index is 5.76. The Bertz CT molecular complexity index is 439. The van der Waals surface area contributed by atoms with E-state index in [9.17, 15) is 0 Å². The molecule has 0 aliphatic carbocycles. The molecule has 0 radical (unpaired) electrons. The zero-order valence-corrected chi connectivity index (χ0v) is 15.3. The summed E-state index contributed by atoms with van der Waals surface area (Å²) in [6, 6.07) is 6.08. The number of hydrogen-bond acceptors (Lipinski definition) is 3. The first-order valence-corrected chi connectivity index (χ1v) is 7.01. The summed E-state index contributed by atoms with van der Waals surface area (Å²) < 4.78 is 11.0. The van der Waals surface area contributed by atoms with Gasteiger partial charge in [0.1, 0.15) is 12.4 Å². The van der Waals surface area contributed by atoms with E-state index < -0.39 is 0 Å². The summed E-state index contributed by atoms with van der Waals surface area (Å²) in [5.74, 6) is 1.30. The average molecular weight is 407 g/mol. The lowest BCUT2D eigenvalue weighted by Gasteiger charge is -2.11. The van der Waals surface area contributed by atoms with Gasteiger partial charge in [-0.3, -0.25) is 0 Å². The zero-order valence-electron chi connectivity index (χ0n) is 13.0. The Morgan fingerprint density at radius 1 is 1.29 bits per heavy atom. The van der Waals surface area contributed by atoms with E-state index in [1.165, 1.54) is 0 Å². The number of aryl methyl sites for hydroxylation is 1. The van der Waals surface area contributed by atoms with Crippen LogP contribution in [0.5, 0.6) is 5.75 Å². The molecule has 0 unspecified atom stereocenters. The molecule has 3 N–H and O–H groups in total. The van der Waals surface area contributed by atoms with Gasteiger partial charge in [0.05, 0.1) is 13.2 Å². The van der Waals surface area contributed by atoms with Gasteiger partial charge in [0.2, 0.25) is 0 Å². The van der Waals surface area contributed by atoms with Gasteiger partial charge < -0.3 is 20.5 Å². The molecule has 1 aromatic carbocycles. The molecule has 120 valence electrons. The van der Waals surface area contributed by atoms with E-state index in [2.05, 4.69) is 10.3 Å². The van der Waals surface area contributed by atoms with Crippen LogP contribution in [-0.4, -0.2) is 32.3 Å². The van der Waals surface area contributed by atoms with Crippen molar-refractivity contribution >= 4 is 29.9 Å². The summed E-state index contributed by atoms with van der Waals surface area (Å²) in [5.41, 5.74) is 7.91. The number of benzene rings is 1. The molecule has 6 heteroatoms. The lowest BCUT2D eigenvalue weighted by molar-refractivity contribution is 0.110. The second kappa shape index (κ2) is 11.6. The molecule has 21 heavy (non-hydrogen) atoms. The summed E-state index contributed by atoms with van der Waals surface area (Å²) in [6.07, 6.45) is 0. The van der Waals surface area contributed by atoms with E-state index in [0.29, 0.717) is 32.3 Å². The Kier molecular flexibility index (Phi) is 11.1. The van der Waals surface area contributed by atoms with Crippen molar-refractivity contribution in [2.45, 2.75) is 27.3 Å². The van der Waals surface area contributed by atoms with E-state index >= 15 is 0 Å². The lowest BCUT2D eigenvalue weighted by atomic mass is 10.1. The third-order valence-electron chi connectivity index (χ3n) is 2.69. The summed E-state index contributed by atoms with van der Waals surface area (Å²) in [4.78, 5) is 4.29. The number of aliphatic imine (C=N–C) groups is 1. The van der Waals surface area contributed by atoms with Crippen LogP contribution in [0, 0.1) is 6.92 Å². The highest BCUT2D eigenvalue weighted by Crippen LogP contribution is 2.21. The largest absolute Gasteiger partial charge is 0.491 e. The van der Waals surface area contributed by atoms with Crippen LogP contribution >= 0.6 is 24.0 Å². The van der Waals surface area contributed by atoms with Crippen LogP contribution in [0.3, 0.4) is 0 Å². The maximum Gasteiger partial charge on any atom is 0.188 e. The Morgan fingerprint density at radius 3 is 2.71 bits per heavy atom. The molecule has 0 aromatic heterocycles. The van der Waals surface area contributed by atoms with Gasteiger partial charge in [-0.25, -0.2) is 4.99 Å². The minimum atomic E-state index is 0. The van der Waals surface area contributed by atoms with Gasteiger partial charge in [0.25, 0.3) is 0 Å². The number of nitrogens with one attached hydrogen (secondary N) is 1. The molecular weight excluding hydrogens is 381 g/mol. The van der Waals surface area contributed by atoms with Crippen LogP contribution in [0.4, 0.5) is 0 Å². The molecule has 0 fully saturated rings. The second-order valence-electron chi connectivity index (χ2n) is 4.39. The maximum absolute atomic E-state index is 5.76. The Balaban J connectivity index is 0.00000400. The van der Waals surface area contributed by atoms with Crippen LogP contribution in [0.25, 0.3) is 0 Å². The predicted octanol–water partition coefficient (Wildman–Crippen LogP) is 2.45. The zero-order chi connectivity index (χ0) is 14.8. The number of hydrogen-bond donors (Lipinski definition) is 2. The topological polar surface area (TPSA) is 68.9 Å². The summed E-state index contributed by atoms with van der Waals surface area (Å²) in [5, 5.41) is 2.97. The minimum Gasteiger partial charge on any atom is -0.491 e. The summed E-state index contributed by atoms with van der Waals surface area (Å²) in [6.45, 7) is 9.09. The van der Waals surface area contributed by atoms with Crippen LogP contribution in [0.1, 0.15) is 25.0 Å². The molecule has 0 amide bonds. The SMILES string of the molecule is CCNC(N)=NCc1ccc(C)cc1OCCOCC.I. The third-order valence-corrected chi connectivity index (χ3v) is 2.69. The van der Waals surface area contributed by atoms with Crippen LogP contribution < -0.4 is 15.8 Å². The monoisotopic (exact) mass is 407 g/mol. The average Bonchev–Trinajstić information content (AvgIpc) is 2.43. The van der Waals surface area contributed by atoms with Gasteiger partial charge >= 0.3 is 0 Å². The molecule has 0 atom stereocenters. The van der Waals surface area contributed by atoms with Crippen molar-refractivity contribution in [3.05, 3.63) is 29.3 Å². The van der Waals surface area contributed by atoms with E-state index in [1.54, 1.807) is 0 Å². The van der Waals surface area contributed by atoms with Gasteiger partial charge in [-0.05, 0) is 32.4 Å². The normalized spacial score (nSPS) is 10.9. The van der Waals surface area contributed by atoms with Crippen molar-refractivity contribution in [3.63, 3.8) is 0 Å². The number of rotatable bonds is 8. The smallest absolute Gasteiger partial charge is 0.188 e. The number of nitrogens with zero attached hydrogens (tertiary/aromatic N) is 1. The van der Waals surface area contributed by atoms with Crippen LogP contribution in [0.15, 0.2) is 23.2 Å². The lowest BCUT2D eigenvalue weighted by Crippen LogP contribution is -2.31. The van der Waals surface area contributed by atoms with Gasteiger partial charge in [0.15, 0.2) is 5.96 Å². The minimum absolute atomic E-state index is 0. The van der Waals surface area contributed by atoms with Gasteiger partial charge in [-0.1, -0.05) is 12.1 Å². The van der Waals surface area contributed by atoms with Gasteiger partial charge in [-0.15, -0.1) is 24.0 Å². The Morgan fingerprint density at radius 2 is 2.05 bits per heavy atom. The fourth-order valence-electron chi connectivity index (χ4n) is 1.69. The Labute approximate surface area is 144 Å². The Hall–Kier alpha value is -1.02. The second-order valence-corrected chi connectivity index (χ2v) is 4.39. The molecule has 1 aromatic rings. The number of halogens is 1. The summed E-state index contributed by atoms with van der Waals surface area (Å²) in [7, 11) is 0. The molecule has 0 aliphatic heterocycles. The van der Waals surface area contributed by atoms with Gasteiger partial charge in [0, 0.05) is 18.7 Å². The number of nitrogens with two attached hydrogens (primary N) is 1. The highest BCUT2D eigenvalue weighted by molar-refractivity contribution is 14.0. The molecule has 0 saturated heterocycles. The molecule has 0 bridgehead atoms. The highest BCUT2D eigenvalue weighted by atomic mass is 127. The first-order valence-electron chi connectivity index (χ1n) is 7.01. The third kappa shape index (κ3) is 8.11.